The van der Waals surface area contributed by atoms with E-state index in [1.807, 2.05) is 77.9 Å². The smallest absolute Gasteiger partial charge is 0.359 e. The van der Waals surface area contributed by atoms with Crippen LogP contribution in [0.2, 0.25) is 0 Å². The quantitative estimate of drug-likeness (QED) is 0.0903. The molecule has 16 heteroatoms. The van der Waals surface area contributed by atoms with Crippen LogP contribution in [0.4, 0.5) is 0 Å². The molecule has 3 nitrogen and oxygen atoms in total. The molecule has 536 valence electrons. The first kappa shape index (κ1) is 292. The second-order valence-electron chi connectivity index (χ2n) is 11.9. The van der Waals surface area contributed by atoms with E-state index in [1.54, 1.807) is 36.4 Å². The second-order valence-corrected chi connectivity index (χ2v) is 12.9. The van der Waals surface area contributed by atoms with E-state index in [2.05, 4.69) is 72.8 Å². The third-order valence-electron chi connectivity index (χ3n) is 8.36. The maximum absolute atomic E-state index is 7.13. The molecule has 97 heavy (non-hydrogen) atoms. The van der Waals surface area contributed by atoms with E-state index in [4.69, 9.17) is 13.6 Å². The molecule has 0 aliphatic heterocycles. The van der Waals surface area contributed by atoms with Crippen LogP contribution in [0.25, 0.3) is 0 Å². The molecule has 6 aromatic rings. The summed E-state index contributed by atoms with van der Waals surface area (Å²) in [6.07, 6.45) is -1.91. The molecule has 0 N–H and O–H groups in total. The third-order valence-corrected chi connectivity index (χ3v) is 9.51. The van der Waals surface area contributed by atoms with Crippen LogP contribution in [0, 0.1) is 883 Å². The van der Waals surface area contributed by atoms with Gasteiger partial charge in [0.2, 0.25) is 0 Å². The minimum Gasteiger partial charge on any atom is -0.359 e. The number of hydrogen-bond acceptors (Lipinski definition) is 3. The number of aryl methyl sites for hydroxylation is 6. The van der Waals surface area contributed by atoms with Crippen molar-refractivity contribution in [3.05, 3.63) is 480 Å². The van der Waals surface area contributed by atoms with Crippen molar-refractivity contribution in [1.82, 2.24) is 0 Å². The Kier molecular flexibility index (Phi) is 492. The van der Waals surface area contributed by atoms with Crippen molar-refractivity contribution in [2.24, 2.45) is 0 Å². The normalized spacial score (nSPS) is 5.88. The standard InChI is InChI=1S/C45H33O3P.36CH3.12Ce/c1-31-19-7-13-25-37(31)43(38-26-14-8-20-32(38)2)46-49(47-44(39-27-15-9-21-33(39)3)40-28-16-10-22-34(40)4)48-45(41-29-17-11-23-35(41)5)42-30-18-12-24-36(42)6;;;;;;;;;;;;;;;;;;;;;;;;;;;;;;;;;;;;;;;;;;;;;;;;/h13-24,43-45H,1-6H3;36*1H3;;;;;;;;;;;;/q-12;36*-1;12*+4. The van der Waals surface area contributed by atoms with Gasteiger partial charge in [0.25, 0.3) is 0 Å². The summed E-state index contributed by atoms with van der Waals surface area (Å²) in [5.74, 6) is 0. The Hall–Kier alpha value is 12.1. The van der Waals surface area contributed by atoms with Crippen molar-refractivity contribution < 1.29 is 515 Å². The fourth-order valence-corrected chi connectivity index (χ4v) is 6.94. The molecule has 0 aliphatic carbocycles. The van der Waals surface area contributed by atoms with Crippen LogP contribution in [0.5, 0.6) is 0 Å². The molecule has 0 saturated carbocycles. The largest absolute Gasteiger partial charge is 4.00 e. The van der Waals surface area contributed by atoms with Crippen molar-refractivity contribution in [1.29, 1.82) is 0 Å². The SMILES string of the molecule is Cc1c[c-]c[c-]c1C(OP(OC(c1[c-]c[c-]cc1C)c1[c-]c[c-]cc1C)OC(c1[c-]c[c-]cc1C)c1[c-]c[c-]cc1C)c1[c-]c[c-]cc1C.[CH3-].[CH3-].[CH3-].[CH3-].[CH3-].[CH3-].[CH3-].[CH3-].[CH3-].[CH3-].[CH3-].[CH3-].[CH3-].[CH3-].[CH3-].[CH3-].[CH3-].[CH3-].[CH3-].[CH3-].[CH3-].[CH3-].[CH3-].[CH3-].[CH3-].[CH3-].[CH3-].[CH3-].[CH3-].[CH3-].[CH3-].[CH3-].[CH3-].[CH3-].[CH3-].[CH3-].[Ce+4].[Ce+4].[Ce+4].[Ce+4].[Ce+4].[Ce+4].[Ce+4].[Ce+4].[Ce+4].[Ce+4].[Ce+4].[Ce+4]. The Morgan fingerprint density at radius 1 is 0.196 bits per heavy atom. The van der Waals surface area contributed by atoms with Crippen molar-refractivity contribution in [3.8, 4) is 0 Å². The van der Waals surface area contributed by atoms with Gasteiger partial charge in [0.1, 0.15) is 0 Å². The molecule has 0 spiro atoms. The van der Waals surface area contributed by atoms with Gasteiger partial charge in [-0.2, -0.15) is 0 Å². The number of benzene rings is 6. The molecule has 6 rings (SSSR count). The van der Waals surface area contributed by atoms with Crippen LogP contribution in [0.15, 0.2) is 72.8 Å². The summed E-state index contributed by atoms with van der Waals surface area (Å²) in [4.78, 5) is 0. The van der Waals surface area contributed by atoms with Gasteiger partial charge in [-0.1, -0.05) is 0 Å². The third kappa shape index (κ3) is 93.5. The van der Waals surface area contributed by atoms with E-state index in [1.165, 1.54) is 0 Å². The van der Waals surface area contributed by atoms with Crippen LogP contribution in [-0.4, -0.2) is 0 Å². The fraction of sp³-hybridized carbons (Fsp3) is 0.111. The van der Waals surface area contributed by atoms with Gasteiger partial charge in [-0.25, -0.2) is 33.4 Å². The molecule has 0 aromatic heterocycles. The Balaban J connectivity index is -0.0000000148. The molecule has 0 amide bonds. The maximum Gasteiger partial charge on any atom is 4.00 e. The van der Waals surface area contributed by atoms with E-state index in [0.717, 1.165) is 66.8 Å². The molecule has 0 bridgehead atoms. The van der Waals surface area contributed by atoms with Gasteiger partial charge in [-0.05, 0) is 0 Å². The van der Waals surface area contributed by atoms with Gasteiger partial charge in [0.05, 0.1) is 0 Å². The van der Waals surface area contributed by atoms with E-state index in [0.29, 0.717) is 0 Å². The summed E-state index contributed by atoms with van der Waals surface area (Å²) in [7, 11) is -2.18. The van der Waals surface area contributed by atoms with Crippen LogP contribution < -0.4 is 0 Å². The zero-order chi connectivity index (χ0) is 34.3. The molecule has 6 aromatic carbocycles. The van der Waals surface area contributed by atoms with Crippen molar-refractivity contribution in [2.75, 3.05) is 0 Å². The van der Waals surface area contributed by atoms with Crippen LogP contribution >= 0.6 is 8.60 Å². The first-order valence-electron chi connectivity index (χ1n) is 15.9. The minimum atomic E-state index is -2.18. The molecule has 0 fully saturated rings. The summed E-state index contributed by atoms with van der Waals surface area (Å²) < 4.78 is 21.4. The molecule has 0 aliphatic rings. The molecular formula is C81H141Ce12O3P. The van der Waals surface area contributed by atoms with E-state index < -0.39 is 26.9 Å². The fourth-order valence-electron chi connectivity index (χ4n) is 5.64. The predicted octanol–water partition coefficient (Wildman–Crippen LogP) is 26.3. The van der Waals surface area contributed by atoms with Crippen molar-refractivity contribution in [3.63, 3.8) is 0 Å². The zero-order valence-corrected chi connectivity index (χ0v) is 109. The Morgan fingerprint density at radius 2 is 0.289 bits per heavy atom. The monoisotopic (exact) mass is 2870 g/mol. The summed E-state index contributed by atoms with van der Waals surface area (Å²) in [5, 5.41) is 0. The molecule has 0 unspecified atom stereocenters. The maximum atomic E-state index is 7.13. The first-order chi connectivity index (χ1) is 23.8. The Labute approximate surface area is 1040 Å². The summed E-state index contributed by atoms with van der Waals surface area (Å²) in [6.45, 7) is 12.1. The summed E-state index contributed by atoms with van der Waals surface area (Å²) in [6, 6.07) is 61.3. The van der Waals surface area contributed by atoms with Crippen molar-refractivity contribution in [2.45, 2.75) is 59.9 Å². The Bertz CT molecular complexity index is 1710. The molecule has 0 heterocycles. The summed E-state index contributed by atoms with van der Waals surface area (Å²) >= 11 is 0. The van der Waals surface area contributed by atoms with Gasteiger partial charge in [0, 0.05) is 18.3 Å². The van der Waals surface area contributed by atoms with Gasteiger partial charge >= 0.3 is 510 Å². The van der Waals surface area contributed by atoms with E-state index in [9.17, 15) is 0 Å². The van der Waals surface area contributed by atoms with Gasteiger partial charge < -0.3 is 390 Å². The van der Waals surface area contributed by atoms with E-state index >= 15 is 0 Å². The molecule has 0 radical (unpaired) electrons. The minimum absolute atomic E-state index is 0. The van der Waals surface area contributed by atoms with Crippen LogP contribution in [0.3, 0.4) is 0 Å². The van der Waals surface area contributed by atoms with E-state index in [-0.39, 0.29) is 768 Å². The van der Waals surface area contributed by atoms with Crippen molar-refractivity contribution >= 4 is 8.60 Å². The molecule has 0 saturated heterocycles. The van der Waals surface area contributed by atoms with Gasteiger partial charge in [-0.3, -0.25) is 69.8 Å². The topological polar surface area (TPSA) is 27.7 Å². The first-order valence-corrected chi connectivity index (χ1v) is 17.0. The predicted molar refractivity (Wildman–Crippen MR) is 420 cm³/mol. The second kappa shape index (κ2) is 163. The summed E-state index contributed by atoms with van der Waals surface area (Å²) in [5.41, 5.74) is 10.8. The average molecular weight is 2880 g/mol. The molecular weight excluding hydrogens is 2730 g/mol. The van der Waals surface area contributed by atoms with Gasteiger partial charge in [-0.15, -0.1) is 41.5 Å². The average Bonchev–Trinajstić information content (AvgIpc) is 3.10. The van der Waals surface area contributed by atoms with Crippen LogP contribution in [0.1, 0.15) is 85.1 Å². The Morgan fingerprint density at radius 3 is 0.371 bits per heavy atom. The molecule has 0 atom stereocenters. The van der Waals surface area contributed by atoms with Crippen LogP contribution in [-0.2, 0) is 13.6 Å². The van der Waals surface area contributed by atoms with Gasteiger partial charge in [0.15, 0.2) is 0 Å². The number of rotatable bonds is 12. The zero-order valence-electron chi connectivity index (χ0n) is 70.3. The number of hydrogen-bond donors (Lipinski definition) is 0.